The smallest absolute Gasteiger partial charge is 0.416 e. The summed E-state index contributed by atoms with van der Waals surface area (Å²) < 4.78 is 40.0. The Labute approximate surface area is 198 Å². The predicted molar refractivity (Wildman–Crippen MR) is 125 cm³/mol. The second-order valence-corrected chi connectivity index (χ2v) is 7.08. The van der Waals surface area contributed by atoms with Crippen molar-refractivity contribution in [1.82, 2.24) is 0 Å². The normalized spacial score (nSPS) is 10.8. The van der Waals surface area contributed by atoms with E-state index in [0.29, 0.717) is 18.5 Å². The number of rotatable bonds is 8. The number of carboxylic acid groups (broad SMARTS) is 2. The molecule has 0 unspecified atom stereocenters. The molecule has 0 aliphatic carbocycles. The van der Waals surface area contributed by atoms with Gasteiger partial charge in [-0.2, -0.15) is 13.2 Å². The molecule has 180 valence electrons. The summed E-state index contributed by atoms with van der Waals surface area (Å²) >= 11 is 0. The van der Waals surface area contributed by atoms with E-state index in [1.54, 1.807) is 12.1 Å². The second-order valence-electron chi connectivity index (χ2n) is 7.08. The van der Waals surface area contributed by atoms with Gasteiger partial charge in [0.1, 0.15) is 0 Å². The number of para-hydroxylation sites is 1. The zero-order chi connectivity index (χ0) is 24.2. The van der Waals surface area contributed by atoms with Gasteiger partial charge in [0, 0.05) is 0 Å². The lowest BCUT2D eigenvalue weighted by molar-refractivity contribution is -0.137. The maximum atomic E-state index is 13.3. The Morgan fingerprint density at radius 3 is 2.00 bits per heavy atom. The standard InChI is InChI=1S/C23H20F3N3O4.ClH/c24-23(25,26)14-6-8-19(28-17-4-2-1-3-15(17)21(30)31)20(12-14)29-18-7-5-13(9-10-27)11-16(18)22(32)33;/h1-8,11-12,28-29H,9-10,27H2,(H,30,31)(H,32,33);1H. The topological polar surface area (TPSA) is 125 Å². The molecule has 0 bridgehead atoms. The zero-order valence-corrected chi connectivity index (χ0v) is 18.3. The van der Waals surface area contributed by atoms with Gasteiger partial charge < -0.3 is 26.6 Å². The lowest BCUT2D eigenvalue weighted by Gasteiger charge is -2.19. The van der Waals surface area contributed by atoms with Crippen LogP contribution < -0.4 is 16.4 Å². The first-order chi connectivity index (χ1) is 15.6. The van der Waals surface area contributed by atoms with Crippen LogP contribution in [0.1, 0.15) is 31.8 Å². The van der Waals surface area contributed by atoms with Crippen LogP contribution in [0.3, 0.4) is 0 Å². The zero-order valence-electron chi connectivity index (χ0n) is 17.5. The number of alkyl halides is 3. The molecule has 0 atom stereocenters. The average Bonchev–Trinajstić information content (AvgIpc) is 2.75. The molecule has 11 heteroatoms. The lowest BCUT2D eigenvalue weighted by atomic mass is 10.0. The van der Waals surface area contributed by atoms with Gasteiger partial charge >= 0.3 is 18.1 Å². The molecule has 3 aromatic rings. The fourth-order valence-corrected chi connectivity index (χ4v) is 3.20. The van der Waals surface area contributed by atoms with Crippen molar-refractivity contribution in [3.8, 4) is 0 Å². The molecular weight excluding hydrogens is 475 g/mol. The molecule has 0 aliphatic rings. The van der Waals surface area contributed by atoms with E-state index in [2.05, 4.69) is 10.6 Å². The molecule has 3 rings (SSSR count). The maximum absolute atomic E-state index is 13.3. The lowest BCUT2D eigenvalue weighted by Crippen LogP contribution is -2.10. The second kappa shape index (κ2) is 10.9. The van der Waals surface area contributed by atoms with Gasteiger partial charge in [0.25, 0.3) is 0 Å². The number of benzene rings is 3. The number of hydrogen-bond acceptors (Lipinski definition) is 5. The molecule has 7 nitrogen and oxygen atoms in total. The summed E-state index contributed by atoms with van der Waals surface area (Å²) in [6.07, 6.45) is -4.21. The van der Waals surface area contributed by atoms with Crippen molar-refractivity contribution in [2.75, 3.05) is 17.2 Å². The third kappa shape index (κ3) is 6.18. The number of carbonyl (C=O) groups is 2. The summed E-state index contributed by atoms with van der Waals surface area (Å²) in [4.78, 5) is 23.3. The van der Waals surface area contributed by atoms with Crippen LogP contribution in [-0.4, -0.2) is 28.7 Å². The molecule has 34 heavy (non-hydrogen) atoms. The summed E-state index contributed by atoms with van der Waals surface area (Å²) in [5, 5.41) is 24.6. The Balaban J connectivity index is 0.00000408. The molecule has 0 spiro atoms. The van der Waals surface area contributed by atoms with Crippen molar-refractivity contribution in [1.29, 1.82) is 0 Å². The van der Waals surface area contributed by atoms with Gasteiger partial charge in [-0.15, -0.1) is 12.4 Å². The number of aromatic carboxylic acids is 2. The fourth-order valence-electron chi connectivity index (χ4n) is 3.20. The van der Waals surface area contributed by atoms with Gasteiger partial charge in [0.15, 0.2) is 0 Å². The maximum Gasteiger partial charge on any atom is 0.416 e. The van der Waals surface area contributed by atoms with Crippen molar-refractivity contribution < 1.29 is 33.0 Å². The summed E-state index contributed by atoms with van der Waals surface area (Å²) in [6.45, 7) is 0.302. The van der Waals surface area contributed by atoms with Crippen LogP contribution in [-0.2, 0) is 12.6 Å². The number of anilines is 4. The SMILES string of the molecule is Cl.NCCc1ccc(Nc2cc(C(F)(F)F)ccc2Nc2ccccc2C(=O)O)c(C(=O)O)c1. The molecule has 0 saturated heterocycles. The highest BCUT2D eigenvalue weighted by molar-refractivity contribution is 5.98. The molecule has 0 saturated carbocycles. The predicted octanol–water partition coefficient (Wildman–Crippen LogP) is 5.51. The van der Waals surface area contributed by atoms with Crippen molar-refractivity contribution in [2.24, 2.45) is 5.73 Å². The molecule has 0 aliphatic heterocycles. The van der Waals surface area contributed by atoms with Crippen LogP contribution in [0.4, 0.5) is 35.9 Å². The summed E-state index contributed by atoms with van der Waals surface area (Å²) in [6, 6.07) is 13.2. The molecule has 0 radical (unpaired) electrons. The van der Waals surface area contributed by atoms with Crippen molar-refractivity contribution >= 4 is 47.1 Å². The van der Waals surface area contributed by atoms with Gasteiger partial charge in [-0.1, -0.05) is 18.2 Å². The van der Waals surface area contributed by atoms with Crippen molar-refractivity contribution in [3.05, 3.63) is 82.9 Å². The van der Waals surface area contributed by atoms with Crippen molar-refractivity contribution in [3.63, 3.8) is 0 Å². The van der Waals surface area contributed by atoms with E-state index in [9.17, 15) is 33.0 Å². The highest BCUT2D eigenvalue weighted by Gasteiger charge is 2.31. The molecule has 3 aromatic carbocycles. The first-order valence-corrected chi connectivity index (χ1v) is 9.74. The Kier molecular flexibility index (Phi) is 8.50. The Bertz CT molecular complexity index is 1200. The first kappa shape index (κ1) is 26.5. The number of nitrogens with one attached hydrogen (secondary N) is 2. The van der Waals surface area contributed by atoms with Crippen LogP contribution in [0.25, 0.3) is 0 Å². The Hall–Kier alpha value is -3.76. The third-order valence-electron chi connectivity index (χ3n) is 4.79. The molecular formula is C23H21ClF3N3O4. The quantitative estimate of drug-likeness (QED) is 0.279. The minimum Gasteiger partial charge on any atom is -0.478 e. The summed E-state index contributed by atoms with van der Waals surface area (Å²) in [5.74, 6) is -2.49. The van der Waals surface area contributed by atoms with E-state index in [0.717, 1.165) is 18.2 Å². The largest absolute Gasteiger partial charge is 0.478 e. The Morgan fingerprint density at radius 2 is 1.38 bits per heavy atom. The number of nitrogens with two attached hydrogens (primary N) is 1. The molecule has 0 fully saturated rings. The van der Waals surface area contributed by atoms with E-state index in [4.69, 9.17) is 5.73 Å². The fraction of sp³-hybridized carbons (Fsp3) is 0.130. The van der Waals surface area contributed by atoms with Gasteiger partial charge in [0.2, 0.25) is 0 Å². The summed E-state index contributed by atoms with van der Waals surface area (Å²) in [7, 11) is 0. The minimum absolute atomic E-state index is 0. The van der Waals surface area contributed by atoms with E-state index >= 15 is 0 Å². The van der Waals surface area contributed by atoms with E-state index in [1.807, 2.05) is 0 Å². The minimum atomic E-state index is -4.64. The molecule has 0 heterocycles. The summed E-state index contributed by atoms with van der Waals surface area (Å²) in [5.41, 5.74) is 5.26. The van der Waals surface area contributed by atoms with E-state index < -0.39 is 23.7 Å². The monoisotopic (exact) mass is 495 g/mol. The van der Waals surface area contributed by atoms with Crippen LogP contribution in [0.5, 0.6) is 0 Å². The Morgan fingerprint density at radius 1 is 0.794 bits per heavy atom. The van der Waals surface area contributed by atoms with E-state index in [-0.39, 0.29) is 46.3 Å². The van der Waals surface area contributed by atoms with Crippen molar-refractivity contribution in [2.45, 2.75) is 12.6 Å². The molecule has 0 aromatic heterocycles. The third-order valence-corrected chi connectivity index (χ3v) is 4.79. The molecule has 0 amide bonds. The van der Waals surface area contributed by atoms with Crippen LogP contribution in [0, 0.1) is 0 Å². The van der Waals surface area contributed by atoms with Crippen LogP contribution in [0.15, 0.2) is 60.7 Å². The van der Waals surface area contributed by atoms with Gasteiger partial charge in [-0.25, -0.2) is 9.59 Å². The van der Waals surface area contributed by atoms with Gasteiger partial charge in [-0.3, -0.25) is 0 Å². The van der Waals surface area contributed by atoms with Gasteiger partial charge in [0.05, 0.1) is 39.4 Å². The number of carboxylic acids is 2. The highest BCUT2D eigenvalue weighted by atomic mass is 35.5. The van der Waals surface area contributed by atoms with Crippen LogP contribution >= 0.6 is 12.4 Å². The molecule has 6 N–H and O–H groups in total. The number of hydrogen-bond donors (Lipinski definition) is 5. The highest BCUT2D eigenvalue weighted by Crippen LogP contribution is 2.37. The number of halogens is 4. The average molecular weight is 496 g/mol. The van der Waals surface area contributed by atoms with Crippen LogP contribution in [0.2, 0.25) is 0 Å². The first-order valence-electron chi connectivity index (χ1n) is 9.74. The van der Waals surface area contributed by atoms with E-state index in [1.165, 1.54) is 30.3 Å². The van der Waals surface area contributed by atoms with Gasteiger partial charge in [-0.05, 0) is 61.0 Å².